The molecular weight excluding hydrogens is 350 g/mol. The highest BCUT2D eigenvalue weighted by atomic mass is 32.2. The third-order valence-corrected chi connectivity index (χ3v) is 6.33. The van der Waals surface area contributed by atoms with Crippen molar-refractivity contribution in [3.05, 3.63) is 60.2 Å². The first kappa shape index (κ1) is 18.4. The summed E-state index contributed by atoms with van der Waals surface area (Å²) in [7, 11) is -2.23. The molecule has 0 saturated carbocycles. The normalized spacial score (nSPS) is 17.0. The van der Waals surface area contributed by atoms with Crippen LogP contribution in [-0.4, -0.2) is 40.5 Å². The van der Waals surface area contributed by atoms with Gasteiger partial charge in [0.25, 0.3) is 15.9 Å². The van der Waals surface area contributed by atoms with E-state index in [0.717, 1.165) is 19.4 Å². The third kappa shape index (κ3) is 4.05. The molecule has 1 saturated heterocycles. The maximum Gasteiger partial charge on any atom is 0.264 e. The second-order valence-corrected chi connectivity index (χ2v) is 8.31. The first-order valence-corrected chi connectivity index (χ1v) is 10.1. The Bertz CT molecular complexity index is 863. The third-order valence-electron chi connectivity index (χ3n) is 4.55. The zero-order chi connectivity index (χ0) is 18.6. The van der Waals surface area contributed by atoms with Gasteiger partial charge in [-0.05, 0) is 49.7 Å². The van der Waals surface area contributed by atoms with Crippen molar-refractivity contribution in [3.8, 4) is 0 Å². The highest BCUT2D eigenvalue weighted by molar-refractivity contribution is 7.92. The fourth-order valence-corrected chi connectivity index (χ4v) is 4.22. The Balaban J connectivity index is 1.76. The number of sulfonamides is 1. The van der Waals surface area contributed by atoms with E-state index in [0.29, 0.717) is 17.8 Å². The number of hydrogen-bond donors (Lipinski definition) is 2. The summed E-state index contributed by atoms with van der Waals surface area (Å²) in [5.74, 6) is -0.266. The lowest BCUT2D eigenvalue weighted by Crippen LogP contribution is -2.37. The lowest BCUT2D eigenvalue weighted by molar-refractivity contribution is 0.0950. The van der Waals surface area contributed by atoms with Crippen molar-refractivity contribution in [1.29, 1.82) is 0 Å². The molecule has 6 nitrogen and oxygen atoms in total. The second kappa shape index (κ2) is 7.88. The summed E-state index contributed by atoms with van der Waals surface area (Å²) in [6, 6.07) is 15.3. The minimum atomic E-state index is -3.74. The van der Waals surface area contributed by atoms with E-state index in [-0.39, 0.29) is 16.8 Å². The summed E-state index contributed by atoms with van der Waals surface area (Å²) in [6.07, 6.45) is 2.15. The molecule has 0 bridgehead atoms. The summed E-state index contributed by atoms with van der Waals surface area (Å²) in [5, 5.41) is 6.19. The first-order valence-electron chi connectivity index (χ1n) is 8.64. The van der Waals surface area contributed by atoms with Crippen LogP contribution < -0.4 is 14.9 Å². The molecule has 1 fully saturated rings. The van der Waals surface area contributed by atoms with Crippen molar-refractivity contribution in [2.45, 2.75) is 23.8 Å². The first-order chi connectivity index (χ1) is 12.5. The summed E-state index contributed by atoms with van der Waals surface area (Å²) >= 11 is 0. The van der Waals surface area contributed by atoms with Crippen LogP contribution in [0.4, 0.5) is 5.69 Å². The van der Waals surface area contributed by atoms with Crippen LogP contribution in [0.1, 0.15) is 23.2 Å². The second-order valence-electron chi connectivity index (χ2n) is 6.34. The van der Waals surface area contributed by atoms with Crippen LogP contribution in [0.2, 0.25) is 0 Å². The number of anilines is 1. The van der Waals surface area contributed by atoms with E-state index in [1.807, 2.05) is 6.07 Å². The van der Waals surface area contributed by atoms with Gasteiger partial charge >= 0.3 is 0 Å². The molecule has 2 N–H and O–H groups in total. The predicted octanol–water partition coefficient (Wildman–Crippen LogP) is 1.99. The molecule has 2 aromatic carbocycles. The number of rotatable bonds is 6. The van der Waals surface area contributed by atoms with Gasteiger partial charge in [-0.25, -0.2) is 8.42 Å². The van der Waals surface area contributed by atoms with Gasteiger partial charge in [0, 0.05) is 25.2 Å². The fourth-order valence-electron chi connectivity index (χ4n) is 2.98. The molecule has 1 heterocycles. The van der Waals surface area contributed by atoms with Crippen LogP contribution >= 0.6 is 0 Å². The summed E-state index contributed by atoms with van der Waals surface area (Å²) in [5.41, 5.74) is 0.903. The van der Waals surface area contributed by atoms with Crippen LogP contribution in [0, 0.1) is 0 Å². The Morgan fingerprint density at radius 3 is 2.65 bits per heavy atom. The topological polar surface area (TPSA) is 78.5 Å². The standard InChI is InChI=1S/C19H23N3O3S/c1-22(17-9-3-2-4-10-17)26(24,25)18-11-5-7-15(13-18)19(23)21-14-16-8-6-12-20-16/h2-5,7,9-11,13,16,20H,6,8,12,14H2,1H3,(H,21,23). The molecule has 0 spiro atoms. The van der Waals surface area contributed by atoms with Crippen molar-refractivity contribution < 1.29 is 13.2 Å². The molecule has 1 unspecified atom stereocenters. The number of para-hydroxylation sites is 1. The Hall–Kier alpha value is -2.38. The molecule has 26 heavy (non-hydrogen) atoms. The fraction of sp³-hybridized carbons (Fsp3) is 0.316. The van der Waals surface area contributed by atoms with E-state index in [1.54, 1.807) is 36.4 Å². The molecule has 1 aliphatic rings. The average Bonchev–Trinajstić information content (AvgIpc) is 3.20. The number of nitrogens with zero attached hydrogens (tertiary/aromatic N) is 1. The van der Waals surface area contributed by atoms with Gasteiger partial charge in [0.05, 0.1) is 10.6 Å². The number of benzene rings is 2. The lowest BCUT2D eigenvalue weighted by Gasteiger charge is -2.19. The summed E-state index contributed by atoms with van der Waals surface area (Å²) in [6.45, 7) is 1.51. The maximum absolute atomic E-state index is 12.9. The van der Waals surface area contributed by atoms with E-state index in [4.69, 9.17) is 0 Å². The average molecular weight is 373 g/mol. The van der Waals surface area contributed by atoms with Gasteiger partial charge in [-0.1, -0.05) is 24.3 Å². The molecule has 3 rings (SSSR count). The lowest BCUT2D eigenvalue weighted by atomic mass is 10.2. The number of hydrogen-bond acceptors (Lipinski definition) is 4. The van der Waals surface area contributed by atoms with Gasteiger partial charge < -0.3 is 10.6 Å². The monoisotopic (exact) mass is 373 g/mol. The Labute approximate surface area is 154 Å². The molecule has 7 heteroatoms. The van der Waals surface area contributed by atoms with Crippen molar-refractivity contribution in [2.24, 2.45) is 0 Å². The Morgan fingerprint density at radius 2 is 1.96 bits per heavy atom. The summed E-state index contributed by atoms with van der Waals surface area (Å²) < 4.78 is 26.9. The van der Waals surface area contributed by atoms with Gasteiger partial charge in [0.2, 0.25) is 0 Å². The molecule has 138 valence electrons. The highest BCUT2D eigenvalue weighted by Gasteiger charge is 2.22. The van der Waals surface area contributed by atoms with E-state index in [2.05, 4.69) is 10.6 Å². The number of amides is 1. The molecule has 1 amide bonds. The molecule has 0 aromatic heterocycles. The minimum Gasteiger partial charge on any atom is -0.350 e. The van der Waals surface area contributed by atoms with E-state index in [1.165, 1.54) is 23.5 Å². The summed E-state index contributed by atoms with van der Waals surface area (Å²) in [4.78, 5) is 12.5. The van der Waals surface area contributed by atoms with Crippen LogP contribution in [0.15, 0.2) is 59.5 Å². The van der Waals surface area contributed by atoms with Crippen molar-refractivity contribution in [1.82, 2.24) is 10.6 Å². The van der Waals surface area contributed by atoms with Crippen molar-refractivity contribution in [2.75, 3.05) is 24.4 Å². The van der Waals surface area contributed by atoms with Gasteiger partial charge in [-0.3, -0.25) is 9.10 Å². The smallest absolute Gasteiger partial charge is 0.264 e. The van der Waals surface area contributed by atoms with Gasteiger partial charge in [0.15, 0.2) is 0 Å². The number of carbonyl (C=O) groups is 1. The quantitative estimate of drug-likeness (QED) is 0.812. The van der Waals surface area contributed by atoms with E-state index >= 15 is 0 Å². The van der Waals surface area contributed by atoms with E-state index < -0.39 is 10.0 Å². The van der Waals surface area contributed by atoms with Crippen LogP contribution in [-0.2, 0) is 10.0 Å². The molecule has 0 aliphatic carbocycles. The predicted molar refractivity (Wildman–Crippen MR) is 102 cm³/mol. The number of carbonyl (C=O) groups excluding carboxylic acids is 1. The maximum atomic E-state index is 12.9. The zero-order valence-corrected chi connectivity index (χ0v) is 15.5. The number of nitrogens with one attached hydrogen (secondary N) is 2. The highest BCUT2D eigenvalue weighted by Crippen LogP contribution is 2.22. The Morgan fingerprint density at radius 1 is 1.19 bits per heavy atom. The minimum absolute atomic E-state index is 0.0931. The molecular formula is C19H23N3O3S. The molecule has 1 atom stereocenters. The van der Waals surface area contributed by atoms with Gasteiger partial charge in [-0.2, -0.15) is 0 Å². The Kier molecular flexibility index (Phi) is 5.58. The zero-order valence-electron chi connectivity index (χ0n) is 14.7. The SMILES string of the molecule is CN(c1ccccc1)S(=O)(=O)c1cccc(C(=O)NCC2CCCN2)c1. The largest absolute Gasteiger partial charge is 0.350 e. The van der Waals surface area contributed by atoms with Crippen LogP contribution in [0.25, 0.3) is 0 Å². The van der Waals surface area contributed by atoms with Crippen LogP contribution in [0.5, 0.6) is 0 Å². The van der Waals surface area contributed by atoms with Gasteiger partial charge in [0.1, 0.15) is 0 Å². The van der Waals surface area contributed by atoms with Gasteiger partial charge in [-0.15, -0.1) is 0 Å². The van der Waals surface area contributed by atoms with E-state index in [9.17, 15) is 13.2 Å². The molecule has 0 radical (unpaired) electrons. The molecule has 1 aliphatic heterocycles. The van der Waals surface area contributed by atoms with Crippen molar-refractivity contribution >= 4 is 21.6 Å². The molecule has 2 aromatic rings. The van der Waals surface area contributed by atoms with Crippen molar-refractivity contribution in [3.63, 3.8) is 0 Å². The van der Waals surface area contributed by atoms with Crippen LogP contribution in [0.3, 0.4) is 0 Å².